The summed E-state index contributed by atoms with van der Waals surface area (Å²) in [5.41, 5.74) is 0. The van der Waals surface area contributed by atoms with Crippen LogP contribution in [-0.2, 0) is 0 Å². The standard InChI is InChI=1S/C10H17N/c1-2-4-9(5-3-1)8-11-10-6-7-10/h1-2,9-11H,3-8H2/t9-/m0/s1. The molecule has 0 saturated heterocycles. The molecule has 1 heteroatoms. The van der Waals surface area contributed by atoms with Crippen molar-refractivity contribution in [1.82, 2.24) is 5.32 Å². The summed E-state index contributed by atoms with van der Waals surface area (Å²) < 4.78 is 0. The Morgan fingerprint density at radius 2 is 2.09 bits per heavy atom. The first-order chi connectivity index (χ1) is 5.45. The monoisotopic (exact) mass is 151 g/mol. The molecule has 2 aliphatic rings. The van der Waals surface area contributed by atoms with Crippen LogP contribution in [0.25, 0.3) is 0 Å². The van der Waals surface area contributed by atoms with Crippen molar-refractivity contribution in [3.8, 4) is 0 Å². The van der Waals surface area contributed by atoms with Crippen LogP contribution in [0.3, 0.4) is 0 Å². The van der Waals surface area contributed by atoms with E-state index >= 15 is 0 Å². The van der Waals surface area contributed by atoms with Crippen molar-refractivity contribution in [1.29, 1.82) is 0 Å². The van der Waals surface area contributed by atoms with E-state index in [0.717, 1.165) is 12.0 Å². The summed E-state index contributed by atoms with van der Waals surface area (Å²) >= 11 is 0. The van der Waals surface area contributed by atoms with Crippen molar-refractivity contribution in [2.24, 2.45) is 5.92 Å². The van der Waals surface area contributed by atoms with Gasteiger partial charge in [-0.3, -0.25) is 0 Å². The Hall–Kier alpha value is -0.300. The Balaban J connectivity index is 1.64. The molecular formula is C10H17N. The summed E-state index contributed by atoms with van der Waals surface area (Å²) in [5, 5.41) is 3.59. The lowest BCUT2D eigenvalue weighted by Gasteiger charge is -2.17. The average Bonchev–Trinajstić information content (AvgIpc) is 2.86. The molecule has 0 heterocycles. The Bertz CT molecular complexity index is 147. The van der Waals surface area contributed by atoms with Gasteiger partial charge in [-0.2, -0.15) is 0 Å². The Morgan fingerprint density at radius 3 is 2.73 bits per heavy atom. The van der Waals surface area contributed by atoms with Gasteiger partial charge < -0.3 is 5.32 Å². The van der Waals surface area contributed by atoms with Crippen molar-refractivity contribution in [2.45, 2.75) is 38.1 Å². The molecule has 0 amide bonds. The van der Waals surface area contributed by atoms with Gasteiger partial charge in [-0.15, -0.1) is 0 Å². The third-order valence-corrected chi connectivity index (χ3v) is 2.65. The van der Waals surface area contributed by atoms with Gasteiger partial charge in [0.15, 0.2) is 0 Å². The normalized spacial score (nSPS) is 30.7. The lowest BCUT2D eigenvalue weighted by atomic mass is 9.94. The quantitative estimate of drug-likeness (QED) is 0.609. The second-order valence-corrected chi connectivity index (χ2v) is 3.83. The molecule has 0 unspecified atom stereocenters. The van der Waals surface area contributed by atoms with E-state index in [0.29, 0.717) is 0 Å². The molecule has 0 aromatic heterocycles. The molecule has 62 valence electrons. The first kappa shape index (κ1) is 7.35. The smallest absolute Gasteiger partial charge is 0.00683 e. The highest BCUT2D eigenvalue weighted by molar-refractivity contribution is 4.91. The molecule has 0 aromatic rings. The lowest BCUT2D eigenvalue weighted by Crippen LogP contribution is -2.25. The lowest BCUT2D eigenvalue weighted by molar-refractivity contribution is 0.439. The van der Waals surface area contributed by atoms with Crippen LogP contribution < -0.4 is 5.32 Å². The highest BCUT2D eigenvalue weighted by Crippen LogP contribution is 2.21. The molecule has 1 saturated carbocycles. The zero-order valence-corrected chi connectivity index (χ0v) is 7.05. The van der Waals surface area contributed by atoms with Crippen LogP contribution in [0.5, 0.6) is 0 Å². The van der Waals surface area contributed by atoms with Crippen LogP contribution in [0.2, 0.25) is 0 Å². The van der Waals surface area contributed by atoms with Crippen LogP contribution >= 0.6 is 0 Å². The Kier molecular flexibility index (Phi) is 2.27. The molecule has 0 aromatic carbocycles. The van der Waals surface area contributed by atoms with Gasteiger partial charge in [-0.05, 0) is 44.6 Å². The number of rotatable bonds is 3. The second-order valence-electron chi connectivity index (χ2n) is 3.83. The molecule has 0 bridgehead atoms. The van der Waals surface area contributed by atoms with Crippen molar-refractivity contribution < 1.29 is 0 Å². The highest BCUT2D eigenvalue weighted by Gasteiger charge is 2.21. The van der Waals surface area contributed by atoms with Gasteiger partial charge in [0.2, 0.25) is 0 Å². The Morgan fingerprint density at radius 1 is 1.18 bits per heavy atom. The van der Waals surface area contributed by atoms with E-state index in [4.69, 9.17) is 0 Å². The minimum Gasteiger partial charge on any atom is -0.314 e. The summed E-state index contributed by atoms with van der Waals surface area (Å²) in [6.45, 7) is 1.26. The van der Waals surface area contributed by atoms with Gasteiger partial charge >= 0.3 is 0 Å². The molecule has 2 rings (SSSR count). The number of hydrogen-bond donors (Lipinski definition) is 1. The summed E-state index contributed by atoms with van der Waals surface area (Å²) in [6, 6.07) is 0.890. The maximum Gasteiger partial charge on any atom is 0.00683 e. The van der Waals surface area contributed by atoms with Crippen LogP contribution in [0, 0.1) is 5.92 Å². The van der Waals surface area contributed by atoms with Crippen LogP contribution in [0.4, 0.5) is 0 Å². The van der Waals surface area contributed by atoms with Crippen molar-refractivity contribution in [3.63, 3.8) is 0 Å². The van der Waals surface area contributed by atoms with Gasteiger partial charge in [-0.1, -0.05) is 12.2 Å². The van der Waals surface area contributed by atoms with Gasteiger partial charge in [0.25, 0.3) is 0 Å². The van der Waals surface area contributed by atoms with Gasteiger partial charge in [0.05, 0.1) is 0 Å². The minimum atomic E-state index is 0.890. The van der Waals surface area contributed by atoms with Gasteiger partial charge in [-0.25, -0.2) is 0 Å². The van der Waals surface area contributed by atoms with E-state index in [1.165, 1.54) is 38.6 Å². The highest BCUT2D eigenvalue weighted by atomic mass is 14.9. The molecule has 2 aliphatic carbocycles. The summed E-state index contributed by atoms with van der Waals surface area (Å²) in [4.78, 5) is 0. The van der Waals surface area contributed by atoms with E-state index in [1.54, 1.807) is 0 Å². The summed E-state index contributed by atoms with van der Waals surface area (Å²) in [5.74, 6) is 0.931. The van der Waals surface area contributed by atoms with Crippen LogP contribution in [0.1, 0.15) is 32.1 Å². The zero-order valence-electron chi connectivity index (χ0n) is 7.05. The fraction of sp³-hybridized carbons (Fsp3) is 0.800. The summed E-state index contributed by atoms with van der Waals surface area (Å²) in [6.07, 6.45) is 11.5. The molecular weight excluding hydrogens is 134 g/mol. The van der Waals surface area contributed by atoms with Crippen molar-refractivity contribution in [3.05, 3.63) is 12.2 Å². The third kappa shape index (κ3) is 2.33. The molecule has 0 radical (unpaired) electrons. The topological polar surface area (TPSA) is 12.0 Å². The van der Waals surface area contributed by atoms with E-state index in [9.17, 15) is 0 Å². The maximum absolute atomic E-state index is 3.59. The molecule has 1 fully saturated rings. The van der Waals surface area contributed by atoms with Gasteiger partial charge in [0.1, 0.15) is 0 Å². The number of allylic oxidation sites excluding steroid dienone is 2. The van der Waals surface area contributed by atoms with E-state index in [-0.39, 0.29) is 0 Å². The van der Waals surface area contributed by atoms with Crippen molar-refractivity contribution in [2.75, 3.05) is 6.54 Å². The van der Waals surface area contributed by atoms with Crippen LogP contribution in [-0.4, -0.2) is 12.6 Å². The molecule has 11 heavy (non-hydrogen) atoms. The average molecular weight is 151 g/mol. The maximum atomic E-state index is 3.59. The largest absolute Gasteiger partial charge is 0.314 e. The van der Waals surface area contributed by atoms with Crippen LogP contribution in [0.15, 0.2) is 12.2 Å². The zero-order chi connectivity index (χ0) is 7.52. The van der Waals surface area contributed by atoms with E-state index in [2.05, 4.69) is 17.5 Å². The molecule has 0 spiro atoms. The predicted molar refractivity (Wildman–Crippen MR) is 47.5 cm³/mol. The van der Waals surface area contributed by atoms with E-state index in [1.807, 2.05) is 0 Å². The third-order valence-electron chi connectivity index (χ3n) is 2.65. The summed E-state index contributed by atoms with van der Waals surface area (Å²) in [7, 11) is 0. The van der Waals surface area contributed by atoms with Crippen molar-refractivity contribution >= 4 is 0 Å². The van der Waals surface area contributed by atoms with E-state index < -0.39 is 0 Å². The fourth-order valence-corrected chi connectivity index (χ4v) is 1.66. The molecule has 0 aliphatic heterocycles. The Labute approximate surface area is 68.9 Å². The minimum absolute atomic E-state index is 0.890. The number of hydrogen-bond acceptors (Lipinski definition) is 1. The number of nitrogens with one attached hydrogen (secondary N) is 1. The van der Waals surface area contributed by atoms with Gasteiger partial charge in [0, 0.05) is 6.04 Å². The first-order valence-electron chi connectivity index (χ1n) is 4.83. The first-order valence-corrected chi connectivity index (χ1v) is 4.83. The second kappa shape index (κ2) is 3.40. The SMILES string of the molecule is C1=CC[C@H](CNC2CC2)CC1. The fourth-order valence-electron chi connectivity index (χ4n) is 1.66. The molecule has 1 nitrogen and oxygen atoms in total. The molecule has 1 atom stereocenters. The molecule has 1 N–H and O–H groups in total. The predicted octanol–water partition coefficient (Wildman–Crippen LogP) is 2.09.